The van der Waals surface area contributed by atoms with E-state index < -0.39 is 0 Å². The first-order chi connectivity index (χ1) is 8.86. The number of carbonyl (C=O) groups excluding carboxylic acids is 1. The molecule has 1 heterocycles. The third-order valence-corrected chi connectivity index (χ3v) is 3.94. The third kappa shape index (κ3) is 3.66. The van der Waals surface area contributed by atoms with Gasteiger partial charge in [-0.3, -0.25) is 9.69 Å². The molecular formula is C17H25NO. The second kappa shape index (κ2) is 5.46. The molecule has 0 saturated carbocycles. The van der Waals surface area contributed by atoms with Crippen molar-refractivity contribution in [1.82, 2.24) is 4.90 Å². The fourth-order valence-corrected chi connectivity index (χ4v) is 2.59. The van der Waals surface area contributed by atoms with Crippen molar-refractivity contribution in [1.29, 1.82) is 0 Å². The Morgan fingerprint density at radius 2 is 2.00 bits per heavy atom. The van der Waals surface area contributed by atoms with Gasteiger partial charge in [0.2, 0.25) is 0 Å². The van der Waals surface area contributed by atoms with E-state index in [1.54, 1.807) is 6.92 Å². The zero-order chi connectivity index (χ0) is 14.0. The average molecular weight is 259 g/mol. The van der Waals surface area contributed by atoms with Crippen molar-refractivity contribution in [2.24, 2.45) is 0 Å². The van der Waals surface area contributed by atoms with Crippen LogP contribution in [0.15, 0.2) is 18.2 Å². The minimum absolute atomic E-state index is 0.205. The van der Waals surface area contributed by atoms with Crippen LogP contribution in [0.3, 0.4) is 0 Å². The normalized spacial score (nSPS) is 16.2. The molecule has 0 spiro atoms. The second-order valence-corrected chi connectivity index (χ2v) is 6.71. The number of fused-ring (bicyclic) bond motifs is 1. The quantitative estimate of drug-likeness (QED) is 0.830. The lowest BCUT2D eigenvalue weighted by Crippen LogP contribution is -2.32. The van der Waals surface area contributed by atoms with E-state index in [-0.39, 0.29) is 11.2 Å². The third-order valence-electron chi connectivity index (χ3n) is 3.94. The van der Waals surface area contributed by atoms with E-state index in [0.717, 1.165) is 26.1 Å². The van der Waals surface area contributed by atoms with Gasteiger partial charge in [0.15, 0.2) is 0 Å². The van der Waals surface area contributed by atoms with Crippen molar-refractivity contribution >= 4 is 5.78 Å². The molecule has 0 amide bonds. The number of hydrogen-bond acceptors (Lipinski definition) is 2. The van der Waals surface area contributed by atoms with E-state index in [9.17, 15) is 4.79 Å². The van der Waals surface area contributed by atoms with Crippen molar-refractivity contribution in [3.63, 3.8) is 0 Å². The summed E-state index contributed by atoms with van der Waals surface area (Å²) in [5.74, 6) is 0.286. The molecule has 0 unspecified atom stereocenters. The molecule has 1 aliphatic rings. The standard InChI is InChI=1S/C17H25NO/c1-13(19)7-9-18-10-8-14-5-6-16(17(2,3)4)11-15(14)12-18/h5-6,11H,7-10,12H2,1-4H3. The molecule has 1 aliphatic heterocycles. The van der Waals surface area contributed by atoms with E-state index in [4.69, 9.17) is 0 Å². The number of carbonyl (C=O) groups is 1. The van der Waals surface area contributed by atoms with Crippen molar-refractivity contribution in [2.45, 2.75) is 52.5 Å². The number of Topliss-reactive ketones (excluding diaryl/α,β-unsaturated/α-hetero) is 1. The minimum atomic E-state index is 0.205. The van der Waals surface area contributed by atoms with E-state index in [0.29, 0.717) is 6.42 Å². The van der Waals surface area contributed by atoms with Gasteiger partial charge in [-0.25, -0.2) is 0 Å². The van der Waals surface area contributed by atoms with Gasteiger partial charge in [-0.15, -0.1) is 0 Å². The maximum atomic E-state index is 11.1. The second-order valence-electron chi connectivity index (χ2n) is 6.71. The molecule has 0 fully saturated rings. The van der Waals surface area contributed by atoms with E-state index in [2.05, 4.69) is 43.9 Å². The van der Waals surface area contributed by atoms with Crippen LogP contribution >= 0.6 is 0 Å². The number of benzene rings is 1. The zero-order valence-electron chi connectivity index (χ0n) is 12.6. The Hall–Kier alpha value is -1.15. The number of nitrogens with zero attached hydrogens (tertiary/aromatic N) is 1. The first kappa shape index (κ1) is 14.3. The molecule has 0 radical (unpaired) electrons. The smallest absolute Gasteiger partial charge is 0.131 e. The Bertz CT molecular complexity index is 471. The summed E-state index contributed by atoms with van der Waals surface area (Å²) < 4.78 is 0. The Kier molecular flexibility index (Phi) is 4.10. The Balaban J connectivity index is 2.12. The van der Waals surface area contributed by atoms with Crippen LogP contribution in [0, 0.1) is 0 Å². The fourth-order valence-electron chi connectivity index (χ4n) is 2.59. The average Bonchev–Trinajstić information content (AvgIpc) is 2.34. The van der Waals surface area contributed by atoms with Gasteiger partial charge in [0.25, 0.3) is 0 Å². The molecule has 0 saturated heterocycles. The monoisotopic (exact) mass is 259 g/mol. The molecule has 2 heteroatoms. The van der Waals surface area contributed by atoms with E-state index in [1.165, 1.54) is 16.7 Å². The molecule has 0 N–H and O–H groups in total. The summed E-state index contributed by atoms with van der Waals surface area (Å²) in [7, 11) is 0. The molecule has 0 bridgehead atoms. The topological polar surface area (TPSA) is 20.3 Å². The molecule has 1 aromatic carbocycles. The maximum Gasteiger partial charge on any atom is 0.131 e. The lowest BCUT2D eigenvalue weighted by Gasteiger charge is -2.30. The van der Waals surface area contributed by atoms with Gasteiger partial charge in [-0.1, -0.05) is 39.0 Å². The van der Waals surface area contributed by atoms with Crippen LogP contribution in [0.4, 0.5) is 0 Å². The van der Waals surface area contributed by atoms with Gasteiger partial charge >= 0.3 is 0 Å². The Morgan fingerprint density at radius 1 is 1.26 bits per heavy atom. The lowest BCUT2D eigenvalue weighted by atomic mass is 9.84. The van der Waals surface area contributed by atoms with Crippen molar-refractivity contribution in [3.05, 3.63) is 34.9 Å². The van der Waals surface area contributed by atoms with Gasteiger partial charge in [0, 0.05) is 26.1 Å². The Labute approximate surface area is 116 Å². The summed E-state index contributed by atoms with van der Waals surface area (Å²) in [4.78, 5) is 13.5. The predicted molar refractivity (Wildman–Crippen MR) is 79.4 cm³/mol. The Morgan fingerprint density at radius 3 is 2.63 bits per heavy atom. The van der Waals surface area contributed by atoms with Crippen molar-refractivity contribution in [2.75, 3.05) is 13.1 Å². The van der Waals surface area contributed by atoms with Gasteiger partial charge in [-0.2, -0.15) is 0 Å². The van der Waals surface area contributed by atoms with Crippen LogP contribution in [0.1, 0.15) is 50.8 Å². The van der Waals surface area contributed by atoms with Gasteiger partial charge in [0.05, 0.1) is 0 Å². The summed E-state index contributed by atoms with van der Waals surface area (Å²) >= 11 is 0. The van der Waals surface area contributed by atoms with Crippen molar-refractivity contribution < 1.29 is 4.79 Å². The summed E-state index contributed by atoms with van der Waals surface area (Å²) in [5.41, 5.74) is 4.53. The lowest BCUT2D eigenvalue weighted by molar-refractivity contribution is -0.117. The van der Waals surface area contributed by atoms with Crippen LogP contribution in [-0.2, 0) is 23.2 Å². The molecule has 19 heavy (non-hydrogen) atoms. The van der Waals surface area contributed by atoms with Crippen LogP contribution < -0.4 is 0 Å². The molecule has 104 valence electrons. The molecule has 2 nitrogen and oxygen atoms in total. The summed E-state index contributed by atoms with van der Waals surface area (Å²) in [6.07, 6.45) is 1.78. The molecule has 0 atom stereocenters. The summed E-state index contributed by atoms with van der Waals surface area (Å²) in [5, 5.41) is 0. The summed E-state index contributed by atoms with van der Waals surface area (Å²) in [6, 6.07) is 6.91. The highest BCUT2D eigenvalue weighted by Gasteiger charge is 2.20. The largest absolute Gasteiger partial charge is 0.300 e. The minimum Gasteiger partial charge on any atom is -0.300 e. The molecule has 0 aliphatic carbocycles. The van der Waals surface area contributed by atoms with Crippen LogP contribution in [0.2, 0.25) is 0 Å². The van der Waals surface area contributed by atoms with Crippen LogP contribution in [0.5, 0.6) is 0 Å². The first-order valence-corrected chi connectivity index (χ1v) is 7.20. The van der Waals surface area contributed by atoms with Crippen LogP contribution in [0.25, 0.3) is 0 Å². The highest BCUT2D eigenvalue weighted by molar-refractivity contribution is 5.75. The molecular weight excluding hydrogens is 234 g/mol. The van der Waals surface area contributed by atoms with E-state index in [1.807, 2.05) is 0 Å². The molecule has 2 rings (SSSR count). The molecule has 0 aromatic heterocycles. The SMILES string of the molecule is CC(=O)CCN1CCc2ccc(C(C)(C)C)cc2C1. The summed E-state index contributed by atoms with van der Waals surface area (Å²) in [6.45, 7) is 11.4. The first-order valence-electron chi connectivity index (χ1n) is 7.20. The fraction of sp³-hybridized carbons (Fsp3) is 0.588. The predicted octanol–water partition coefficient (Wildman–Crippen LogP) is 3.32. The maximum absolute atomic E-state index is 11.1. The number of hydrogen-bond donors (Lipinski definition) is 0. The van der Waals surface area contributed by atoms with E-state index >= 15 is 0 Å². The van der Waals surface area contributed by atoms with Crippen LogP contribution in [-0.4, -0.2) is 23.8 Å². The highest BCUT2D eigenvalue weighted by Crippen LogP contribution is 2.27. The highest BCUT2D eigenvalue weighted by atomic mass is 16.1. The van der Waals surface area contributed by atoms with Crippen molar-refractivity contribution in [3.8, 4) is 0 Å². The number of rotatable bonds is 3. The number of ketones is 1. The van der Waals surface area contributed by atoms with Gasteiger partial charge < -0.3 is 0 Å². The van der Waals surface area contributed by atoms with Gasteiger partial charge in [-0.05, 0) is 35.4 Å². The zero-order valence-corrected chi connectivity index (χ0v) is 12.6. The van der Waals surface area contributed by atoms with Gasteiger partial charge in [0.1, 0.15) is 5.78 Å². The molecule has 1 aromatic rings.